The zero-order valence-corrected chi connectivity index (χ0v) is 13.4. The van der Waals surface area contributed by atoms with Gasteiger partial charge in [-0.15, -0.1) is 0 Å². The lowest BCUT2D eigenvalue weighted by Gasteiger charge is -2.22. The standard InChI is InChI=1S/C16H22N2OS/c1-12-10-17-15(18-16(2,3)4)9-14(12)19-7-5-13-6-8-20-11-13/h6,8-11H,5,7H2,1-4H3,(H,17,18). The molecule has 0 unspecified atom stereocenters. The van der Waals surface area contributed by atoms with Crippen molar-refractivity contribution in [2.75, 3.05) is 11.9 Å². The minimum Gasteiger partial charge on any atom is -0.493 e. The topological polar surface area (TPSA) is 34.2 Å². The summed E-state index contributed by atoms with van der Waals surface area (Å²) in [7, 11) is 0. The molecule has 0 bridgehead atoms. The van der Waals surface area contributed by atoms with E-state index in [9.17, 15) is 0 Å². The first kappa shape index (κ1) is 14.9. The van der Waals surface area contributed by atoms with Crippen molar-refractivity contribution < 1.29 is 4.74 Å². The molecule has 108 valence electrons. The third-order valence-electron chi connectivity index (χ3n) is 2.79. The Morgan fingerprint density at radius 1 is 1.35 bits per heavy atom. The molecule has 2 aromatic rings. The molecule has 3 nitrogen and oxygen atoms in total. The van der Waals surface area contributed by atoms with Crippen molar-refractivity contribution in [2.45, 2.75) is 39.7 Å². The van der Waals surface area contributed by atoms with Gasteiger partial charge in [-0.2, -0.15) is 11.3 Å². The third-order valence-corrected chi connectivity index (χ3v) is 3.52. The second kappa shape index (κ2) is 6.27. The van der Waals surface area contributed by atoms with E-state index in [0.29, 0.717) is 6.61 Å². The quantitative estimate of drug-likeness (QED) is 0.892. The maximum Gasteiger partial charge on any atom is 0.130 e. The van der Waals surface area contributed by atoms with E-state index in [1.807, 2.05) is 19.2 Å². The second-order valence-corrected chi connectivity index (χ2v) is 6.72. The molecule has 0 saturated heterocycles. The van der Waals surface area contributed by atoms with Crippen LogP contribution in [-0.2, 0) is 6.42 Å². The van der Waals surface area contributed by atoms with Crippen LogP contribution in [0.1, 0.15) is 31.9 Å². The van der Waals surface area contributed by atoms with E-state index >= 15 is 0 Å². The van der Waals surface area contributed by atoms with Crippen LogP contribution in [0.3, 0.4) is 0 Å². The normalized spacial score (nSPS) is 11.4. The highest BCUT2D eigenvalue weighted by Crippen LogP contribution is 2.22. The number of aryl methyl sites for hydroxylation is 1. The minimum absolute atomic E-state index is 0.00376. The van der Waals surface area contributed by atoms with E-state index in [2.05, 4.69) is 47.9 Å². The Morgan fingerprint density at radius 3 is 2.80 bits per heavy atom. The number of aromatic nitrogens is 1. The average Bonchev–Trinajstić information content (AvgIpc) is 2.84. The van der Waals surface area contributed by atoms with Crippen molar-refractivity contribution in [1.29, 1.82) is 0 Å². The van der Waals surface area contributed by atoms with Crippen LogP contribution in [0, 0.1) is 6.92 Å². The molecule has 0 amide bonds. The van der Waals surface area contributed by atoms with Crippen molar-refractivity contribution in [3.8, 4) is 5.75 Å². The van der Waals surface area contributed by atoms with Crippen LogP contribution in [0.2, 0.25) is 0 Å². The molecule has 2 rings (SSSR count). The number of nitrogens with zero attached hydrogens (tertiary/aromatic N) is 1. The smallest absolute Gasteiger partial charge is 0.130 e. The maximum absolute atomic E-state index is 5.89. The van der Waals surface area contributed by atoms with E-state index < -0.39 is 0 Å². The highest BCUT2D eigenvalue weighted by molar-refractivity contribution is 7.07. The molecule has 1 N–H and O–H groups in total. The number of rotatable bonds is 5. The first-order chi connectivity index (χ1) is 9.44. The van der Waals surface area contributed by atoms with Crippen LogP contribution >= 0.6 is 11.3 Å². The Kier molecular flexibility index (Phi) is 4.65. The van der Waals surface area contributed by atoms with E-state index in [-0.39, 0.29) is 5.54 Å². The molecular formula is C16H22N2OS. The van der Waals surface area contributed by atoms with Gasteiger partial charge in [-0.25, -0.2) is 4.98 Å². The molecule has 0 radical (unpaired) electrons. The fourth-order valence-corrected chi connectivity index (χ4v) is 2.53. The summed E-state index contributed by atoms with van der Waals surface area (Å²) >= 11 is 1.72. The number of pyridine rings is 1. The lowest BCUT2D eigenvalue weighted by Crippen LogP contribution is -2.26. The Bertz CT molecular complexity index is 544. The molecule has 0 spiro atoms. The summed E-state index contributed by atoms with van der Waals surface area (Å²) in [6, 6.07) is 4.12. The number of hydrogen-bond acceptors (Lipinski definition) is 4. The number of thiophene rings is 1. The van der Waals surface area contributed by atoms with E-state index in [1.54, 1.807) is 11.3 Å². The zero-order valence-electron chi connectivity index (χ0n) is 12.6. The molecule has 0 aliphatic rings. The van der Waals surface area contributed by atoms with Gasteiger partial charge in [-0.05, 0) is 50.1 Å². The molecule has 2 aromatic heterocycles. The highest BCUT2D eigenvalue weighted by atomic mass is 32.1. The Hall–Kier alpha value is -1.55. The molecule has 0 aliphatic heterocycles. The average molecular weight is 290 g/mol. The summed E-state index contributed by atoms with van der Waals surface area (Å²) < 4.78 is 5.89. The van der Waals surface area contributed by atoms with Crippen LogP contribution in [0.25, 0.3) is 0 Å². The SMILES string of the molecule is Cc1cnc(NC(C)(C)C)cc1OCCc1ccsc1. The lowest BCUT2D eigenvalue weighted by atomic mass is 10.1. The summed E-state index contributed by atoms with van der Waals surface area (Å²) in [5.74, 6) is 1.76. The van der Waals surface area contributed by atoms with Gasteiger partial charge in [0.15, 0.2) is 0 Å². The van der Waals surface area contributed by atoms with Gasteiger partial charge >= 0.3 is 0 Å². The molecule has 0 fully saturated rings. The van der Waals surface area contributed by atoms with Crippen LogP contribution < -0.4 is 10.1 Å². The van der Waals surface area contributed by atoms with Crippen LogP contribution in [-0.4, -0.2) is 17.1 Å². The van der Waals surface area contributed by atoms with Crippen molar-refractivity contribution in [2.24, 2.45) is 0 Å². The summed E-state index contributed by atoms with van der Waals surface area (Å²) in [4.78, 5) is 4.39. The maximum atomic E-state index is 5.89. The van der Waals surface area contributed by atoms with Gasteiger partial charge in [0.1, 0.15) is 11.6 Å². The molecule has 0 aromatic carbocycles. The molecule has 0 atom stereocenters. The highest BCUT2D eigenvalue weighted by Gasteiger charge is 2.11. The van der Waals surface area contributed by atoms with Gasteiger partial charge in [-0.1, -0.05) is 0 Å². The summed E-state index contributed by atoms with van der Waals surface area (Å²) in [6.45, 7) is 9.06. The van der Waals surface area contributed by atoms with Crippen molar-refractivity contribution in [3.05, 3.63) is 40.2 Å². The van der Waals surface area contributed by atoms with E-state index in [1.165, 1.54) is 5.56 Å². The Balaban J connectivity index is 1.97. The van der Waals surface area contributed by atoms with Gasteiger partial charge in [0.05, 0.1) is 6.61 Å². The van der Waals surface area contributed by atoms with Crippen LogP contribution in [0.5, 0.6) is 5.75 Å². The van der Waals surface area contributed by atoms with Crippen molar-refractivity contribution in [3.63, 3.8) is 0 Å². The first-order valence-electron chi connectivity index (χ1n) is 6.83. The predicted molar refractivity (Wildman–Crippen MR) is 85.9 cm³/mol. The van der Waals surface area contributed by atoms with Gasteiger partial charge in [0, 0.05) is 29.8 Å². The van der Waals surface area contributed by atoms with Gasteiger partial charge < -0.3 is 10.1 Å². The van der Waals surface area contributed by atoms with Crippen molar-refractivity contribution >= 4 is 17.2 Å². The van der Waals surface area contributed by atoms with E-state index in [0.717, 1.165) is 23.6 Å². The Labute approximate surface area is 125 Å². The van der Waals surface area contributed by atoms with Gasteiger partial charge in [0.25, 0.3) is 0 Å². The number of hydrogen-bond donors (Lipinski definition) is 1. The Morgan fingerprint density at radius 2 is 2.15 bits per heavy atom. The molecule has 0 aliphatic carbocycles. The van der Waals surface area contributed by atoms with E-state index in [4.69, 9.17) is 4.74 Å². The molecule has 20 heavy (non-hydrogen) atoms. The molecule has 0 saturated carbocycles. The zero-order chi connectivity index (χ0) is 14.6. The number of ether oxygens (including phenoxy) is 1. The van der Waals surface area contributed by atoms with Gasteiger partial charge in [-0.3, -0.25) is 0 Å². The molecular weight excluding hydrogens is 268 g/mol. The molecule has 4 heteroatoms. The fourth-order valence-electron chi connectivity index (χ4n) is 1.83. The van der Waals surface area contributed by atoms with Crippen LogP contribution in [0.4, 0.5) is 5.82 Å². The summed E-state index contributed by atoms with van der Waals surface area (Å²) in [5, 5.41) is 7.62. The fraction of sp³-hybridized carbons (Fsp3) is 0.438. The predicted octanol–water partition coefficient (Wildman–Crippen LogP) is 4.28. The molecule has 2 heterocycles. The minimum atomic E-state index is -0.00376. The van der Waals surface area contributed by atoms with Crippen molar-refractivity contribution in [1.82, 2.24) is 4.98 Å². The first-order valence-corrected chi connectivity index (χ1v) is 7.77. The largest absolute Gasteiger partial charge is 0.493 e. The van der Waals surface area contributed by atoms with Gasteiger partial charge in [0.2, 0.25) is 0 Å². The summed E-state index contributed by atoms with van der Waals surface area (Å²) in [5.41, 5.74) is 2.39. The summed E-state index contributed by atoms with van der Waals surface area (Å²) in [6.07, 6.45) is 2.79. The van der Waals surface area contributed by atoms with Crippen LogP contribution in [0.15, 0.2) is 29.1 Å². The number of nitrogens with one attached hydrogen (secondary N) is 1. The lowest BCUT2D eigenvalue weighted by molar-refractivity contribution is 0.319. The monoisotopic (exact) mass is 290 g/mol. The second-order valence-electron chi connectivity index (χ2n) is 5.94. The third kappa shape index (κ3) is 4.53. The number of anilines is 1.